The van der Waals surface area contributed by atoms with Crippen LogP contribution in [0.4, 0.5) is 15.6 Å². The molecule has 0 unspecified atom stereocenters. The van der Waals surface area contributed by atoms with Gasteiger partial charge in [-0.1, -0.05) is 61.1 Å². The average molecular weight is 397 g/mol. The standard InChI is InChI=1S/C21H24N4O2S/c1-4-5-12-22-20(27)25-21-23-14(3)18(28-21)19(26)24-17-13(2)10-11-15-8-6-7-9-16(15)17/h6-11H,4-5,12H2,1-3H3,(H,24,26)(H2,22,23,25,27). The lowest BCUT2D eigenvalue weighted by Crippen LogP contribution is -2.29. The third-order valence-electron chi connectivity index (χ3n) is 4.42. The number of benzene rings is 2. The lowest BCUT2D eigenvalue weighted by Gasteiger charge is -2.11. The predicted octanol–water partition coefficient (Wildman–Crippen LogP) is 5.09. The largest absolute Gasteiger partial charge is 0.338 e. The molecule has 6 nitrogen and oxygen atoms in total. The summed E-state index contributed by atoms with van der Waals surface area (Å²) < 4.78 is 0. The SMILES string of the molecule is CCCCNC(=O)Nc1nc(C)c(C(=O)Nc2c(C)ccc3ccccc23)s1. The topological polar surface area (TPSA) is 83.1 Å². The molecule has 7 heteroatoms. The molecule has 0 fully saturated rings. The second-order valence-electron chi connectivity index (χ2n) is 6.60. The maximum Gasteiger partial charge on any atom is 0.321 e. The van der Waals surface area contributed by atoms with Crippen LogP contribution in [0.2, 0.25) is 0 Å². The summed E-state index contributed by atoms with van der Waals surface area (Å²) in [5.74, 6) is -0.228. The quantitative estimate of drug-likeness (QED) is 0.508. The van der Waals surface area contributed by atoms with E-state index in [9.17, 15) is 9.59 Å². The number of nitrogens with one attached hydrogen (secondary N) is 3. The molecule has 3 amide bonds. The molecule has 0 spiro atoms. The van der Waals surface area contributed by atoms with E-state index in [1.54, 1.807) is 6.92 Å². The molecule has 0 radical (unpaired) electrons. The zero-order valence-electron chi connectivity index (χ0n) is 16.3. The van der Waals surface area contributed by atoms with Gasteiger partial charge in [0.25, 0.3) is 5.91 Å². The Morgan fingerprint density at radius 2 is 1.86 bits per heavy atom. The smallest absolute Gasteiger partial charge is 0.321 e. The minimum absolute atomic E-state index is 0.228. The molecule has 0 aliphatic heterocycles. The number of unbranched alkanes of at least 4 members (excludes halogenated alkanes) is 1. The molecule has 2 aromatic carbocycles. The Morgan fingerprint density at radius 1 is 1.07 bits per heavy atom. The van der Waals surface area contributed by atoms with Gasteiger partial charge in [0.2, 0.25) is 0 Å². The van der Waals surface area contributed by atoms with Gasteiger partial charge in [0.15, 0.2) is 5.13 Å². The van der Waals surface area contributed by atoms with Gasteiger partial charge in [0.1, 0.15) is 4.88 Å². The summed E-state index contributed by atoms with van der Waals surface area (Å²) in [5.41, 5.74) is 2.37. The second kappa shape index (κ2) is 8.84. The molecule has 1 aromatic heterocycles. The van der Waals surface area contributed by atoms with Crippen LogP contribution in [0.25, 0.3) is 10.8 Å². The molecule has 28 heavy (non-hydrogen) atoms. The highest BCUT2D eigenvalue weighted by atomic mass is 32.1. The van der Waals surface area contributed by atoms with Crippen LogP contribution in [0.5, 0.6) is 0 Å². The Balaban J connectivity index is 1.76. The van der Waals surface area contributed by atoms with Crippen LogP contribution in [0.15, 0.2) is 36.4 Å². The van der Waals surface area contributed by atoms with Crippen LogP contribution in [-0.4, -0.2) is 23.5 Å². The van der Waals surface area contributed by atoms with E-state index in [0.29, 0.717) is 22.2 Å². The number of hydrogen-bond acceptors (Lipinski definition) is 4. The lowest BCUT2D eigenvalue weighted by molar-refractivity contribution is 0.103. The number of nitrogens with zero attached hydrogens (tertiary/aromatic N) is 1. The molecule has 0 aliphatic carbocycles. The van der Waals surface area contributed by atoms with E-state index >= 15 is 0 Å². The van der Waals surface area contributed by atoms with Gasteiger partial charge in [-0.2, -0.15) is 0 Å². The van der Waals surface area contributed by atoms with Crippen molar-refractivity contribution in [2.24, 2.45) is 0 Å². The van der Waals surface area contributed by atoms with Crippen molar-refractivity contribution < 1.29 is 9.59 Å². The number of amides is 3. The van der Waals surface area contributed by atoms with E-state index in [0.717, 1.165) is 34.9 Å². The van der Waals surface area contributed by atoms with Gasteiger partial charge in [0, 0.05) is 11.9 Å². The van der Waals surface area contributed by atoms with Crippen molar-refractivity contribution in [2.45, 2.75) is 33.6 Å². The Kier molecular flexibility index (Phi) is 6.26. The molecule has 3 N–H and O–H groups in total. The number of aromatic nitrogens is 1. The first-order chi connectivity index (χ1) is 13.5. The zero-order valence-corrected chi connectivity index (χ0v) is 17.1. The third kappa shape index (κ3) is 4.48. The van der Waals surface area contributed by atoms with Gasteiger partial charge in [-0.05, 0) is 31.2 Å². The molecule has 0 saturated carbocycles. The number of urea groups is 1. The number of fused-ring (bicyclic) bond motifs is 1. The van der Waals surface area contributed by atoms with Crippen molar-refractivity contribution in [3.8, 4) is 0 Å². The summed E-state index contributed by atoms with van der Waals surface area (Å²) >= 11 is 1.17. The third-order valence-corrected chi connectivity index (χ3v) is 5.49. The van der Waals surface area contributed by atoms with E-state index < -0.39 is 0 Å². The number of hydrogen-bond donors (Lipinski definition) is 3. The highest BCUT2D eigenvalue weighted by Gasteiger charge is 2.18. The average Bonchev–Trinajstić information content (AvgIpc) is 3.04. The number of anilines is 2. The van der Waals surface area contributed by atoms with Gasteiger partial charge in [-0.3, -0.25) is 10.1 Å². The number of aryl methyl sites for hydroxylation is 2. The van der Waals surface area contributed by atoms with E-state index in [1.807, 2.05) is 43.3 Å². The minimum Gasteiger partial charge on any atom is -0.338 e. The maximum absolute atomic E-state index is 12.9. The van der Waals surface area contributed by atoms with Gasteiger partial charge in [-0.25, -0.2) is 9.78 Å². The molecule has 3 aromatic rings. The lowest BCUT2D eigenvalue weighted by atomic mass is 10.0. The van der Waals surface area contributed by atoms with Crippen molar-refractivity contribution in [3.63, 3.8) is 0 Å². The number of carbonyl (C=O) groups is 2. The van der Waals surface area contributed by atoms with E-state index in [1.165, 1.54) is 11.3 Å². The Morgan fingerprint density at radius 3 is 2.64 bits per heavy atom. The molecule has 3 rings (SSSR count). The fourth-order valence-corrected chi connectivity index (χ4v) is 3.75. The van der Waals surface area contributed by atoms with Crippen LogP contribution >= 0.6 is 11.3 Å². The molecule has 0 bridgehead atoms. The fraction of sp³-hybridized carbons (Fsp3) is 0.286. The highest BCUT2D eigenvalue weighted by Crippen LogP contribution is 2.29. The van der Waals surface area contributed by atoms with Crippen LogP contribution < -0.4 is 16.0 Å². The van der Waals surface area contributed by atoms with Crippen molar-refractivity contribution >= 4 is 44.9 Å². The van der Waals surface area contributed by atoms with Crippen LogP contribution in [-0.2, 0) is 0 Å². The number of carbonyl (C=O) groups excluding carboxylic acids is 2. The molecule has 1 heterocycles. The maximum atomic E-state index is 12.9. The van der Waals surface area contributed by atoms with Gasteiger partial charge >= 0.3 is 6.03 Å². The van der Waals surface area contributed by atoms with Crippen LogP contribution in [0.3, 0.4) is 0 Å². The van der Waals surface area contributed by atoms with E-state index in [2.05, 4.69) is 27.9 Å². The fourth-order valence-electron chi connectivity index (χ4n) is 2.90. The summed E-state index contributed by atoms with van der Waals surface area (Å²) in [6.45, 7) is 6.41. The Labute approximate surface area is 168 Å². The molecular formula is C21H24N4O2S. The Hall–Kier alpha value is -2.93. The summed E-state index contributed by atoms with van der Waals surface area (Å²) in [6.07, 6.45) is 1.93. The van der Waals surface area contributed by atoms with Gasteiger partial charge in [-0.15, -0.1) is 0 Å². The molecule has 0 saturated heterocycles. The summed E-state index contributed by atoms with van der Waals surface area (Å²) in [6, 6.07) is 11.7. The first-order valence-electron chi connectivity index (χ1n) is 9.31. The molecule has 0 atom stereocenters. The van der Waals surface area contributed by atoms with E-state index in [-0.39, 0.29) is 11.9 Å². The number of thiazole rings is 1. The minimum atomic E-state index is -0.306. The van der Waals surface area contributed by atoms with Gasteiger partial charge in [0.05, 0.1) is 11.4 Å². The number of rotatable bonds is 6. The van der Waals surface area contributed by atoms with Crippen molar-refractivity contribution in [2.75, 3.05) is 17.2 Å². The monoisotopic (exact) mass is 396 g/mol. The predicted molar refractivity (Wildman–Crippen MR) is 115 cm³/mol. The van der Waals surface area contributed by atoms with Crippen LogP contribution in [0.1, 0.15) is 40.7 Å². The van der Waals surface area contributed by atoms with Crippen molar-refractivity contribution in [1.29, 1.82) is 0 Å². The van der Waals surface area contributed by atoms with Crippen LogP contribution in [0, 0.1) is 13.8 Å². The molecule has 0 aliphatic rings. The molecule has 146 valence electrons. The first kappa shape index (κ1) is 19.8. The zero-order chi connectivity index (χ0) is 20.1. The summed E-state index contributed by atoms with van der Waals surface area (Å²) in [4.78, 5) is 29.6. The summed E-state index contributed by atoms with van der Waals surface area (Å²) in [5, 5.41) is 11.0. The van der Waals surface area contributed by atoms with E-state index in [4.69, 9.17) is 0 Å². The second-order valence-corrected chi connectivity index (χ2v) is 7.60. The highest BCUT2D eigenvalue weighted by molar-refractivity contribution is 7.17. The first-order valence-corrected chi connectivity index (χ1v) is 10.1. The normalized spacial score (nSPS) is 10.7. The van der Waals surface area contributed by atoms with Crippen molar-refractivity contribution in [1.82, 2.24) is 10.3 Å². The molecular weight excluding hydrogens is 372 g/mol. The summed E-state index contributed by atoms with van der Waals surface area (Å²) in [7, 11) is 0. The van der Waals surface area contributed by atoms with Gasteiger partial charge < -0.3 is 10.6 Å². The van der Waals surface area contributed by atoms with Crippen molar-refractivity contribution in [3.05, 3.63) is 52.5 Å². The Bertz CT molecular complexity index is 1010.